The van der Waals surface area contributed by atoms with Crippen LogP contribution in [0.2, 0.25) is 0 Å². The van der Waals surface area contributed by atoms with Gasteiger partial charge in [-0.25, -0.2) is 9.78 Å². The molecule has 4 rings (SSSR count). The molecule has 0 radical (unpaired) electrons. The Morgan fingerprint density at radius 3 is 2.48 bits per heavy atom. The molecule has 33 heavy (non-hydrogen) atoms. The maximum atomic E-state index is 12.8. The molecular weight excluding hydrogens is 420 g/mol. The van der Waals surface area contributed by atoms with Gasteiger partial charge in [0, 0.05) is 30.6 Å². The van der Waals surface area contributed by atoms with Crippen LogP contribution in [0.25, 0.3) is 21.8 Å². The molecule has 0 unspecified atom stereocenters. The van der Waals surface area contributed by atoms with E-state index in [1.54, 1.807) is 20.4 Å². The van der Waals surface area contributed by atoms with E-state index in [2.05, 4.69) is 4.98 Å². The molecule has 0 fully saturated rings. The first-order valence-corrected chi connectivity index (χ1v) is 10.8. The van der Waals surface area contributed by atoms with Gasteiger partial charge in [0.2, 0.25) is 0 Å². The SMILES string of the molecule is COCc1c(C(=O)OC(C)C)ncc2c1c1cc(OCc3ccccc3)ccc1n2COC. The molecule has 0 aliphatic rings. The number of hydrogen-bond donors (Lipinski definition) is 0. The van der Waals surface area contributed by atoms with Gasteiger partial charge in [0.05, 0.1) is 29.9 Å². The second kappa shape index (κ2) is 10.0. The molecule has 0 N–H and O–H groups in total. The Morgan fingerprint density at radius 1 is 1.00 bits per heavy atom. The van der Waals surface area contributed by atoms with Crippen molar-refractivity contribution >= 4 is 27.8 Å². The maximum absolute atomic E-state index is 12.8. The lowest BCUT2D eigenvalue weighted by Gasteiger charge is -2.12. The summed E-state index contributed by atoms with van der Waals surface area (Å²) in [6, 6.07) is 15.9. The van der Waals surface area contributed by atoms with Gasteiger partial charge in [-0.2, -0.15) is 0 Å². The second-order valence-electron chi connectivity index (χ2n) is 8.03. The van der Waals surface area contributed by atoms with Crippen molar-refractivity contribution in [1.29, 1.82) is 0 Å². The Hall–Kier alpha value is -3.42. The van der Waals surface area contributed by atoms with E-state index in [9.17, 15) is 4.79 Å². The molecule has 0 spiro atoms. The first kappa shape index (κ1) is 22.8. The minimum atomic E-state index is -0.469. The number of fused-ring (bicyclic) bond motifs is 3. The van der Waals surface area contributed by atoms with E-state index < -0.39 is 5.97 Å². The molecule has 0 aliphatic carbocycles. The van der Waals surface area contributed by atoms with E-state index in [1.165, 1.54) is 0 Å². The summed E-state index contributed by atoms with van der Waals surface area (Å²) in [5.74, 6) is 0.261. The van der Waals surface area contributed by atoms with Crippen LogP contribution in [0.3, 0.4) is 0 Å². The number of benzene rings is 2. The Bertz CT molecular complexity index is 1260. The van der Waals surface area contributed by atoms with Gasteiger partial charge >= 0.3 is 5.97 Å². The summed E-state index contributed by atoms with van der Waals surface area (Å²) in [5.41, 5.74) is 3.82. The van der Waals surface area contributed by atoms with Gasteiger partial charge in [-0.05, 0) is 37.6 Å². The van der Waals surface area contributed by atoms with Crippen LogP contribution >= 0.6 is 0 Å². The molecule has 0 bridgehead atoms. The zero-order valence-corrected chi connectivity index (χ0v) is 19.3. The number of ether oxygens (including phenoxy) is 4. The van der Waals surface area contributed by atoms with Gasteiger partial charge in [0.1, 0.15) is 19.1 Å². The van der Waals surface area contributed by atoms with Gasteiger partial charge in [-0.15, -0.1) is 0 Å². The third-order valence-corrected chi connectivity index (χ3v) is 5.31. The van der Waals surface area contributed by atoms with Gasteiger partial charge in [-0.3, -0.25) is 0 Å². The number of pyridine rings is 1. The van der Waals surface area contributed by atoms with Crippen molar-refractivity contribution in [2.45, 2.75) is 39.9 Å². The summed E-state index contributed by atoms with van der Waals surface area (Å²) in [4.78, 5) is 17.2. The topological polar surface area (TPSA) is 71.8 Å². The zero-order valence-electron chi connectivity index (χ0n) is 19.3. The van der Waals surface area contributed by atoms with Crippen molar-refractivity contribution in [3.63, 3.8) is 0 Å². The van der Waals surface area contributed by atoms with E-state index in [-0.39, 0.29) is 18.4 Å². The van der Waals surface area contributed by atoms with Crippen molar-refractivity contribution < 1.29 is 23.7 Å². The van der Waals surface area contributed by atoms with Crippen molar-refractivity contribution in [2.24, 2.45) is 0 Å². The van der Waals surface area contributed by atoms with E-state index in [1.807, 2.05) is 66.9 Å². The highest BCUT2D eigenvalue weighted by atomic mass is 16.5. The molecule has 2 aromatic heterocycles. The van der Waals surface area contributed by atoms with E-state index in [0.29, 0.717) is 18.9 Å². The number of carbonyl (C=O) groups is 1. The first-order valence-electron chi connectivity index (χ1n) is 10.8. The van der Waals surface area contributed by atoms with Crippen LogP contribution in [0, 0.1) is 0 Å². The van der Waals surface area contributed by atoms with Crippen molar-refractivity contribution in [3.05, 3.63) is 71.5 Å². The van der Waals surface area contributed by atoms with E-state index >= 15 is 0 Å². The highest BCUT2D eigenvalue weighted by Crippen LogP contribution is 2.35. The van der Waals surface area contributed by atoms with Crippen LogP contribution in [-0.4, -0.2) is 35.8 Å². The molecule has 7 heteroatoms. The number of carbonyl (C=O) groups excluding carboxylic acids is 1. The molecule has 7 nitrogen and oxygen atoms in total. The normalized spacial score (nSPS) is 11.4. The standard InChI is InChI=1S/C26H28N2O5/c1-17(2)33-26(29)25-21(15-30-3)24-20-12-19(32-14-18-8-6-5-7-9-18)10-11-22(20)28(16-31-4)23(24)13-27-25/h5-13,17H,14-16H2,1-4H3. The number of aromatic nitrogens is 2. The molecule has 0 amide bonds. The molecule has 0 atom stereocenters. The number of rotatable bonds is 9. The molecule has 2 heterocycles. The van der Waals surface area contributed by atoms with E-state index in [4.69, 9.17) is 18.9 Å². The quantitative estimate of drug-likeness (QED) is 0.332. The van der Waals surface area contributed by atoms with Crippen molar-refractivity contribution in [3.8, 4) is 5.75 Å². The molecule has 0 aliphatic heterocycles. The third kappa shape index (κ3) is 4.69. The molecule has 172 valence electrons. The van der Waals surface area contributed by atoms with Gasteiger partial charge in [0.25, 0.3) is 0 Å². The predicted octanol–water partition coefficient (Wildman–Crippen LogP) is 5.08. The molecule has 0 saturated heterocycles. The van der Waals surface area contributed by atoms with Crippen molar-refractivity contribution in [2.75, 3.05) is 14.2 Å². The van der Waals surface area contributed by atoms with Crippen LogP contribution in [0.5, 0.6) is 5.75 Å². The van der Waals surface area contributed by atoms with Crippen LogP contribution < -0.4 is 4.74 Å². The lowest BCUT2D eigenvalue weighted by Crippen LogP contribution is -2.16. The average Bonchev–Trinajstić information content (AvgIpc) is 3.12. The zero-order chi connectivity index (χ0) is 23.4. The largest absolute Gasteiger partial charge is 0.489 e. The lowest BCUT2D eigenvalue weighted by molar-refractivity contribution is 0.0366. The van der Waals surface area contributed by atoms with Crippen LogP contribution in [-0.2, 0) is 34.2 Å². The summed E-state index contributed by atoms with van der Waals surface area (Å²) in [6.45, 7) is 4.64. The monoisotopic (exact) mass is 448 g/mol. The molecule has 0 saturated carbocycles. The molecular formula is C26H28N2O5. The Labute approximate surface area is 192 Å². The average molecular weight is 449 g/mol. The van der Waals surface area contributed by atoms with Crippen LogP contribution in [0.1, 0.15) is 35.5 Å². The van der Waals surface area contributed by atoms with Gasteiger partial charge < -0.3 is 23.5 Å². The lowest BCUT2D eigenvalue weighted by atomic mass is 10.1. The fraction of sp³-hybridized carbons (Fsp3) is 0.308. The second-order valence-corrected chi connectivity index (χ2v) is 8.03. The van der Waals surface area contributed by atoms with Crippen LogP contribution in [0.15, 0.2) is 54.7 Å². The minimum absolute atomic E-state index is 0.216. The highest BCUT2D eigenvalue weighted by molar-refractivity contribution is 6.12. The third-order valence-electron chi connectivity index (χ3n) is 5.31. The maximum Gasteiger partial charge on any atom is 0.357 e. The number of hydrogen-bond acceptors (Lipinski definition) is 6. The van der Waals surface area contributed by atoms with Crippen LogP contribution in [0.4, 0.5) is 0 Å². The van der Waals surface area contributed by atoms with Gasteiger partial charge in [0.15, 0.2) is 5.69 Å². The van der Waals surface area contributed by atoms with Crippen molar-refractivity contribution in [1.82, 2.24) is 9.55 Å². The number of methoxy groups -OCH3 is 2. The predicted molar refractivity (Wildman–Crippen MR) is 126 cm³/mol. The fourth-order valence-corrected chi connectivity index (χ4v) is 3.96. The molecule has 2 aromatic carbocycles. The summed E-state index contributed by atoms with van der Waals surface area (Å²) >= 11 is 0. The van der Waals surface area contributed by atoms with E-state index in [0.717, 1.165) is 33.1 Å². The molecule has 4 aromatic rings. The van der Waals surface area contributed by atoms with Gasteiger partial charge in [-0.1, -0.05) is 30.3 Å². The summed E-state index contributed by atoms with van der Waals surface area (Å²) in [7, 11) is 3.24. The number of esters is 1. The minimum Gasteiger partial charge on any atom is -0.489 e. The highest BCUT2D eigenvalue weighted by Gasteiger charge is 2.23. The Balaban J connectivity index is 1.87. The smallest absolute Gasteiger partial charge is 0.357 e. The Morgan fingerprint density at radius 2 is 1.79 bits per heavy atom. The summed E-state index contributed by atoms with van der Waals surface area (Å²) < 4.78 is 24.4. The first-order chi connectivity index (χ1) is 16.0. The fourth-order valence-electron chi connectivity index (χ4n) is 3.96. The number of nitrogens with zero attached hydrogens (tertiary/aromatic N) is 2. The summed E-state index contributed by atoms with van der Waals surface area (Å²) in [5, 5.41) is 1.81. The Kier molecular flexibility index (Phi) is 6.91. The summed E-state index contributed by atoms with van der Waals surface area (Å²) in [6.07, 6.45) is 1.44.